The van der Waals surface area contributed by atoms with E-state index >= 15 is 0 Å². The van der Waals surface area contributed by atoms with Crippen LogP contribution >= 0.6 is 11.3 Å². The summed E-state index contributed by atoms with van der Waals surface area (Å²) in [4.78, 5) is 6.02. The van der Waals surface area contributed by atoms with Crippen molar-refractivity contribution in [2.24, 2.45) is 0 Å². The van der Waals surface area contributed by atoms with Crippen LogP contribution in [0.4, 0.5) is 0 Å². The summed E-state index contributed by atoms with van der Waals surface area (Å²) in [5.41, 5.74) is 1.25. The highest BCUT2D eigenvalue weighted by atomic mass is 32.1. The van der Waals surface area contributed by atoms with E-state index in [1.165, 1.54) is 10.6 Å². The van der Waals surface area contributed by atoms with Crippen LogP contribution in [0, 0.1) is 0 Å². The lowest BCUT2D eigenvalue weighted by molar-refractivity contribution is 0.184. The van der Waals surface area contributed by atoms with Gasteiger partial charge in [-0.2, -0.15) is 0 Å². The molecule has 4 heteroatoms. The SMILES string of the molecule is CCCc1nc(COC)sc1CNC(C)CC. The third-order valence-corrected chi connectivity index (χ3v) is 3.87. The summed E-state index contributed by atoms with van der Waals surface area (Å²) < 4.78 is 5.15. The van der Waals surface area contributed by atoms with Crippen LogP contribution in [0.5, 0.6) is 0 Å². The monoisotopic (exact) mass is 256 g/mol. The first-order valence-electron chi connectivity index (χ1n) is 6.41. The molecule has 0 saturated carbocycles. The molecule has 0 saturated heterocycles. The van der Waals surface area contributed by atoms with Crippen LogP contribution in [0.15, 0.2) is 0 Å². The van der Waals surface area contributed by atoms with E-state index in [0.717, 1.165) is 30.8 Å². The summed E-state index contributed by atoms with van der Waals surface area (Å²) in [6.07, 6.45) is 3.37. The van der Waals surface area contributed by atoms with Gasteiger partial charge in [0.05, 0.1) is 12.3 Å². The molecule has 0 aromatic carbocycles. The average Bonchev–Trinajstić information content (AvgIpc) is 2.69. The first-order valence-corrected chi connectivity index (χ1v) is 7.22. The molecule has 0 aliphatic rings. The first kappa shape index (κ1) is 14.6. The minimum atomic E-state index is 0.567. The van der Waals surface area contributed by atoms with Gasteiger partial charge in [-0.15, -0.1) is 11.3 Å². The first-order chi connectivity index (χ1) is 8.21. The molecular weight excluding hydrogens is 232 g/mol. The van der Waals surface area contributed by atoms with Crippen molar-refractivity contribution in [1.29, 1.82) is 0 Å². The minimum absolute atomic E-state index is 0.567. The number of aromatic nitrogens is 1. The van der Waals surface area contributed by atoms with Crippen molar-refractivity contribution in [3.8, 4) is 0 Å². The van der Waals surface area contributed by atoms with Crippen LogP contribution < -0.4 is 5.32 Å². The van der Waals surface area contributed by atoms with Crippen molar-refractivity contribution in [2.45, 2.75) is 59.2 Å². The summed E-state index contributed by atoms with van der Waals surface area (Å²) >= 11 is 1.78. The Labute approximate surface area is 109 Å². The van der Waals surface area contributed by atoms with Crippen molar-refractivity contribution >= 4 is 11.3 Å². The van der Waals surface area contributed by atoms with Gasteiger partial charge < -0.3 is 10.1 Å². The molecule has 1 aromatic heterocycles. The van der Waals surface area contributed by atoms with Crippen LogP contribution in [0.3, 0.4) is 0 Å². The highest BCUT2D eigenvalue weighted by Crippen LogP contribution is 2.21. The Kier molecular flexibility index (Phi) is 6.70. The summed E-state index contributed by atoms with van der Waals surface area (Å²) in [7, 11) is 1.72. The van der Waals surface area contributed by atoms with E-state index in [2.05, 4.69) is 31.1 Å². The Morgan fingerprint density at radius 2 is 2.18 bits per heavy atom. The second-order valence-corrected chi connectivity index (χ2v) is 5.52. The van der Waals surface area contributed by atoms with Crippen LogP contribution in [0.1, 0.15) is 49.2 Å². The Bertz CT molecular complexity index is 325. The maximum absolute atomic E-state index is 5.15. The van der Waals surface area contributed by atoms with Gasteiger partial charge in [0.25, 0.3) is 0 Å². The third kappa shape index (κ3) is 4.74. The molecule has 1 aromatic rings. The van der Waals surface area contributed by atoms with Gasteiger partial charge in [-0.05, 0) is 19.8 Å². The Balaban J connectivity index is 2.66. The van der Waals surface area contributed by atoms with Gasteiger partial charge in [0.15, 0.2) is 0 Å². The standard InChI is InChI=1S/C13H24N2OS/c1-5-7-11-12(8-14-10(3)6-2)17-13(15-11)9-16-4/h10,14H,5-9H2,1-4H3. The fraction of sp³-hybridized carbons (Fsp3) is 0.769. The summed E-state index contributed by atoms with van der Waals surface area (Å²) in [5, 5.41) is 4.63. The topological polar surface area (TPSA) is 34.1 Å². The molecule has 0 radical (unpaired) electrons. The molecule has 1 rings (SSSR count). The van der Waals surface area contributed by atoms with E-state index in [1.807, 2.05) is 0 Å². The molecule has 1 heterocycles. The Hall–Kier alpha value is -0.450. The van der Waals surface area contributed by atoms with Crippen LogP contribution in [0.2, 0.25) is 0 Å². The largest absolute Gasteiger partial charge is 0.378 e. The summed E-state index contributed by atoms with van der Waals surface area (Å²) in [6, 6.07) is 0.567. The van der Waals surface area contributed by atoms with Gasteiger partial charge in [-0.25, -0.2) is 4.98 Å². The Morgan fingerprint density at radius 3 is 2.76 bits per heavy atom. The summed E-state index contributed by atoms with van der Waals surface area (Å²) in [5.74, 6) is 0. The minimum Gasteiger partial charge on any atom is -0.378 e. The number of hydrogen-bond donors (Lipinski definition) is 1. The normalized spacial score (nSPS) is 12.9. The lowest BCUT2D eigenvalue weighted by atomic mass is 10.2. The fourth-order valence-electron chi connectivity index (χ4n) is 1.60. The number of nitrogens with one attached hydrogen (secondary N) is 1. The molecule has 98 valence electrons. The molecule has 3 nitrogen and oxygen atoms in total. The number of hydrogen-bond acceptors (Lipinski definition) is 4. The predicted octanol–water partition coefficient (Wildman–Crippen LogP) is 3.13. The molecule has 1 unspecified atom stereocenters. The highest BCUT2D eigenvalue weighted by molar-refractivity contribution is 7.11. The molecule has 0 bridgehead atoms. The molecular formula is C13H24N2OS. The zero-order valence-electron chi connectivity index (χ0n) is 11.4. The van der Waals surface area contributed by atoms with Crippen molar-refractivity contribution in [3.63, 3.8) is 0 Å². The molecule has 0 amide bonds. The number of methoxy groups -OCH3 is 1. The van der Waals surface area contributed by atoms with E-state index in [1.54, 1.807) is 18.4 Å². The molecule has 17 heavy (non-hydrogen) atoms. The number of nitrogens with zero attached hydrogens (tertiary/aromatic N) is 1. The van der Waals surface area contributed by atoms with Crippen LogP contribution in [0.25, 0.3) is 0 Å². The number of aryl methyl sites for hydroxylation is 1. The lowest BCUT2D eigenvalue weighted by Gasteiger charge is -2.10. The lowest BCUT2D eigenvalue weighted by Crippen LogP contribution is -2.24. The third-order valence-electron chi connectivity index (χ3n) is 2.80. The number of rotatable bonds is 8. The smallest absolute Gasteiger partial charge is 0.119 e. The fourth-order valence-corrected chi connectivity index (χ4v) is 2.64. The van der Waals surface area contributed by atoms with Gasteiger partial charge in [0.2, 0.25) is 0 Å². The maximum atomic E-state index is 5.15. The van der Waals surface area contributed by atoms with Gasteiger partial charge >= 0.3 is 0 Å². The predicted molar refractivity (Wildman–Crippen MR) is 73.4 cm³/mol. The Morgan fingerprint density at radius 1 is 1.41 bits per heavy atom. The van der Waals surface area contributed by atoms with Crippen LogP contribution in [-0.2, 0) is 24.3 Å². The van der Waals surface area contributed by atoms with Gasteiger partial charge in [-0.1, -0.05) is 20.3 Å². The molecule has 0 spiro atoms. The zero-order valence-corrected chi connectivity index (χ0v) is 12.2. The van der Waals surface area contributed by atoms with Crippen molar-refractivity contribution in [1.82, 2.24) is 10.3 Å². The van der Waals surface area contributed by atoms with E-state index in [0.29, 0.717) is 12.6 Å². The van der Waals surface area contributed by atoms with Crippen molar-refractivity contribution in [2.75, 3.05) is 7.11 Å². The van der Waals surface area contributed by atoms with E-state index < -0.39 is 0 Å². The molecule has 1 atom stereocenters. The molecule has 0 fully saturated rings. The summed E-state index contributed by atoms with van der Waals surface area (Å²) in [6.45, 7) is 8.18. The zero-order chi connectivity index (χ0) is 12.7. The quantitative estimate of drug-likeness (QED) is 0.776. The number of thiazole rings is 1. The molecule has 0 aliphatic carbocycles. The highest BCUT2D eigenvalue weighted by Gasteiger charge is 2.11. The van der Waals surface area contributed by atoms with E-state index in [4.69, 9.17) is 4.74 Å². The molecule has 1 N–H and O–H groups in total. The van der Waals surface area contributed by atoms with Gasteiger partial charge in [0, 0.05) is 24.6 Å². The second kappa shape index (κ2) is 7.80. The van der Waals surface area contributed by atoms with Crippen molar-refractivity contribution in [3.05, 3.63) is 15.6 Å². The van der Waals surface area contributed by atoms with E-state index in [-0.39, 0.29) is 0 Å². The molecule has 0 aliphatic heterocycles. The average molecular weight is 256 g/mol. The van der Waals surface area contributed by atoms with Crippen molar-refractivity contribution < 1.29 is 4.74 Å². The maximum Gasteiger partial charge on any atom is 0.119 e. The second-order valence-electron chi connectivity index (χ2n) is 4.35. The number of ether oxygens (including phenoxy) is 1. The van der Waals surface area contributed by atoms with Crippen LogP contribution in [-0.4, -0.2) is 18.1 Å². The van der Waals surface area contributed by atoms with Gasteiger partial charge in [0.1, 0.15) is 5.01 Å². The van der Waals surface area contributed by atoms with E-state index in [9.17, 15) is 0 Å². The van der Waals surface area contributed by atoms with Gasteiger partial charge in [-0.3, -0.25) is 0 Å².